The van der Waals surface area contributed by atoms with E-state index in [2.05, 4.69) is 5.10 Å². The minimum atomic E-state index is -4.96. The van der Waals surface area contributed by atoms with Gasteiger partial charge in [-0.05, 0) is 25.1 Å². The smallest absolute Gasteiger partial charge is 0.492 e. The van der Waals surface area contributed by atoms with E-state index >= 15 is 0 Å². The molecule has 0 amide bonds. The van der Waals surface area contributed by atoms with Crippen molar-refractivity contribution in [3.8, 4) is 5.75 Å². The van der Waals surface area contributed by atoms with E-state index in [9.17, 15) is 12.9 Å². The van der Waals surface area contributed by atoms with Crippen molar-refractivity contribution in [2.24, 2.45) is 0 Å². The molecule has 20 heavy (non-hydrogen) atoms. The van der Waals surface area contributed by atoms with Crippen LogP contribution in [0.15, 0.2) is 36.7 Å². The van der Waals surface area contributed by atoms with Gasteiger partial charge in [0.1, 0.15) is 12.4 Å². The third-order valence-corrected chi connectivity index (χ3v) is 2.74. The Hall–Kier alpha value is -0.279. The normalized spacial score (nSPS) is 11.0. The molecule has 0 aliphatic heterocycles. The molecule has 8 heteroatoms. The molecule has 0 saturated carbocycles. The van der Waals surface area contributed by atoms with E-state index in [1.54, 1.807) is 23.1 Å². The molecule has 1 aromatic heterocycles. The zero-order chi connectivity index (χ0) is 13.9. The van der Waals surface area contributed by atoms with Crippen LogP contribution in [0, 0.1) is 6.92 Å². The average Bonchev–Trinajstić information content (AvgIpc) is 2.80. The molecule has 102 valence electrons. The molecular formula is C12H13BF3KN2O. The Morgan fingerprint density at radius 1 is 1.30 bits per heavy atom. The van der Waals surface area contributed by atoms with Crippen molar-refractivity contribution >= 4 is 12.4 Å². The number of aryl methyl sites for hydroxylation is 1. The van der Waals surface area contributed by atoms with Crippen molar-refractivity contribution < 1.29 is 69.1 Å². The van der Waals surface area contributed by atoms with Gasteiger partial charge in [-0.1, -0.05) is 11.6 Å². The van der Waals surface area contributed by atoms with Gasteiger partial charge in [-0.3, -0.25) is 4.68 Å². The SMILES string of the molecule is Cc1cc(OCCn2cccn2)ccc1[B-](F)(F)F.[K+]. The van der Waals surface area contributed by atoms with E-state index in [0.717, 1.165) is 6.07 Å². The van der Waals surface area contributed by atoms with Gasteiger partial charge in [0.2, 0.25) is 0 Å². The van der Waals surface area contributed by atoms with Crippen LogP contribution in [0.2, 0.25) is 0 Å². The standard InChI is InChI=1S/C12H13BF3N2O.K/c1-10-9-11(3-4-12(10)13(14,15)16)19-8-7-18-6-2-5-17-18;/h2-6,9H,7-8H2,1H3;/q-1;+1. The van der Waals surface area contributed by atoms with Crippen LogP contribution in [0.5, 0.6) is 5.75 Å². The van der Waals surface area contributed by atoms with Gasteiger partial charge < -0.3 is 17.7 Å². The Morgan fingerprint density at radius 2 is 2.05 bits per heavy atom. The topological polar surface area (TPSA) is 27.1 Å². The van der Waals surface area contributed by atoms with Gasteiger partial charge in [-0.2, -0.15) is 5.10 Å². The fraction of sp³-hybridized carbons (Fsp3) is 0.250. The second-order valence-corrected chi connectivity index (χ2v) is 4.21. The molecule has 1 heterocycles. The van der Waals surface area contributed by atoms with E-state index in [1.807, 2.05) is 0 Å². The summed E-state index contributed by atoms with van der Waals surface area (Å²) in [6.45, 7) is -2.62. The van der Waals surface area contributed by atoms with Crippen LogP contribution in [-0.4, -0.2) is 23.4 Å². The first kappa shape index (κ1) is 17.8. The van der Waals surface area contributed by atoms with Crippen molar-refractivity contribution in [3.05, 3.63) is 42.2 Å². The van der Waals surface area contributed by atoms with Crippen LogP contribution in [0.1, 0.15) is 5.56 Å². The quantitative estimate of drug-likeness (QED) is 0.685. The van der Waals surface area contributed by atoms with Gasteiger partial charge in [-0.25, -0.2) is 0 Å². The first-order chi connectivity index (χ1) is 8.97. The zero-order valence-corrected chi connectivity index (χ0v) is 14.5. The summed E-state index contributed by atoms with van der Waals surface area (Å²) in [6.07, 6.45) is 3.45. The van der Waals surface area contributed by atoms with Gasteiger partial charge in [0, 0.05) is 12.4 Å². The minimum absolute atomic E-state index is 0. The van der Waals surface area contributed by atoms with Crippen molar-refractivity contribution in [1.29, 1.82) is 0 Å². The summed E-state index contributed by atoms with van der Waals surface area (Å²) in [6, 6.07) is 5.62. The number of ether oxygens (including phenoxy) is 1. The summed E-state index contributed by atoms with van der Waals surface area (Å²) in [4.78, 5) is 0. The molecule has 0 aliphatic carbocycles. The minimum Gasteiger partial charge on any atom is -0.492 e. The number of aromatic nitrogens is 2. The molecule has 0 spiro atoms. The van der Waals surface area contributed by atoms with Gasteiger partial charge in [0.15, 0.2) is 0 Å². The van der Waals surface area contributed by atoms with E-state index in [4.69, 9.17) is 4.74 Å². The number of nitrogens with zero attached hydrogens (tertiary/aromatic N) is 2. The van der Waals surface area contributed by atoms with Gasteiger partial charge >= 0.3 is 58.4 Å². The van der Waals surface area contributed by atoms with Crippen LogP contribution in [0.25, 0.3) is 0 Å². The molecule has 3 nitrogen and oxygen atoms in total. The maximum absolute atomic E-state index is 12.6. The zero-order valence-electron chi connectivity index (χ0n) is 11.4. The Kier molecular flexibility index (Phi) is 6.80. The number of rotatable bonds is 5. The van der Waals surface area contributed by atoms with Crippen LogP contribution < -0.4 is 61.6 Å². The largest absolute Gasteiger partial charge is 1.00 e. The first-order valence-electron chi connectivity index (χ1n) is 5.87. The van der Waals surface area contributed by atoms with Crippen molar-refractivity contribution in [2.45, 2.75) is 13.5 Å². The van der Waals surface area contributed by atoms with Crippen molar-refractivity contribution in [2.75, 3.05) is 6.61 Å². The maximum atomic E-state index is 12.6. The summed E-state index contributed by atoms with van der Waals surface area (Å²) in [5.41, 5.74) is -0.386. The Bertz CT molecular complexity index is 546. The van der Waals surface area contributed by atoms with E-state index in [-0.39, 0.29) is 56.9 Å². The molecule has 2 aromatic rings. The fourth-order valence-corrected chi connectivity index (χ4v) is 1.79. The molecule has 2 rings (SSSR count). The van der Waals surface area contributed by atoms with E-state index in [1.165, 1.54) is 19.1 Å². The average molecular weight is 308 g/mol. The molecule has 0 radical (unpaired) electrons. The molecule has 0 saturated heterocycles. The Labute approximate surface area is 158 Å². The molecule has 0 atom stereocenters. The van der Waals surface area contributed by atoms with Crippen LogP contribution >= 0.6 is 0 Å². The number of halogens is 3. The van der Waals surface area contributed by atoms with Gasteiger partial charge in [-0.15, -0.1) is 5.46 Å². The third kappa shape index (κ3) is 4.92. The summed E-state index contributed by atoms with van der Waals surface area (Å²) < 4.78 is 45.0. The molecule has 0 unspecified atom stereocenters. The van der Waals surface area contributed by atoms with Crippen LogP contribution in [0.3, 0.4) is 0 Å². The summed E-state index contributed by atoms with van der Waals surface area (Å²) in [5, 5.41) is 4.00. The molecule has 0 fully saturated rings. The second kappa shape index (κ2) is 7.65. The molecule has 1 aromatic carbocycles. The number of hydrogen-bond acceptors (Lipinski definition) is 2. The molecule has 0 aliphatic rings. The van der Waals surface area contributed by atoms with E-state index in [0.29, 0.717) is 18.9 Å². The van der Waals surface area contributed by atoms with Crippen LogP contribution in [0.4, 0.5) is 12.9 Å². The number of hydrogen-bond donors (Lipinski definition) is 0. The summed E-state index contributed by atoms with van der Waals surface area (Å²) in [7, 11) is 0. The van der Waals surface area contributed by atoms with Crippen molar-refractivity contribution in [3.63, 3.8) is 0 Å². The molecular weight excluding hydrogens is 295 g/mol. The second-order valence-electron chi connectivity index (χ2n) is 4.21. The van der Waals surface area contributed by atoms with Crippen molar-refractivity contribution in [1.82, 2.24) is 9.78 Å². The Balaban J connectivity index is 0.00000200. The summed E-state index contributed by atoms with van der Waals surface area (Å²) in [5.74, 6) is 0.438. The predicted molar refractivity (Wildman–Crippen MR) is 67.6 cm³/mol. The number of benzene rings is 1. The Morgan fingerprint density at radius 3 is 2.60 bits per heavy atom. The maximum Gasteiger partial charge on any atom is 1.00 e. The van der Waals surface area contributed by atoms with Gasteiger partial charge in [0.05, 0.1) is 6.54 Å². The van der Waals surface area contributed by atoms with E-state index < -0.39 is 12.4 Å². The first-order valence-corrected chi connectivity index (χ1v) is 5.87. The third-order valence-electron chi connectivity index (χ3n) is 2.74. The van der Waals surface area contributed by atoms with Gasteiger partial charge in [0.25, 0.3) is 0 Å². The predicted octanol–water partition coefficient (Wildman–Crippen LogP) is -0.671. The molecule has 0 N–H and O–H groups in total. The molecule has 0 bridgehead atoms. The fourth-order valence-electron chi connectivity index (χ4n) is 1.79. The van der Waals surface area contributed by atoms with Crippen LogP contribution in [-0.2, 0) is 6.54 Å². The monoisotopic (exact) mass is 308 g/mol. The summed E-state index contributed by atoms with van der Waals surface area (Å²) >= 11 is 0.